The van der Waals surface area contributed by atoms with Crippen molar-refractivity contribution in [2.45, 2.75) is 46.0 Å². The predicted octanol–water partition coefficient (Wildman–Crippen LogP) is 5.84. The fraction of sp³-hybridized carbons (Fsp3) is 0.421. The maximum absolute atomic E-state index is 13.4. The predicted molar refractivity (Wildman–Crippen MR) is 104 cm³/mol. The number of carbonyl (C=O) groups excluding carboxylic acids is 1. The number of nitrogens with one attached hydrogen (secondary N) is 1. The molecule has 1 heterocycles. The Bertz CT molecular complexity index is 807. The zero-order valence-corrected chi connectivity index (χ0v) is 16.2. The van der Waals surface area contributed by atoms with E-state index in [2.05, 4.69) is 12.2 Å². The van der Waals surface area contributed by atoms with E-state index in [1.165, 1.54) is 17.4 Å². The largest absolute Gasteiger partial charge is 0.462 e. The highest BCUT2D eigenvalue weighted by Gasteiger charge is 2.21. The van der Waals surface area contributed by atoms with Crippen LogP contribution in [0.3, 0.4) is 0 Å². The van der Waals surface area contributed by atoms with Gasteiger partial charge in [-0.3, -0.25) is 10.1 Å². The van der Waals surface area contributed by atoms with Crippen LogP contribution in [-0.4, -0.2) is 17.5 Å². The van der Waals surface area contributed by atoms with Crippen molar-refractivity contribution in [3.05, 3.63) is 50.6 Å². The Morgan fingerprint density at radius 1 is 1.26 bits per heavy atom. The number of benzene rings is 1. The highest BCUT2D eigenvalue weighted by molar-refractivity contribution is 7.16. The average molecular weight is 394 g/mol. The van der Waals surface area contributed by atoms with Gasteiger partial charge in [0, 0.05) is 4.88 Å². The number of hydrogen-bond donors (Lipinski definition) is 1. The summed E-state index contributed by atoms with van der Waals surface area (Å²) >= 11 is 1.36. The van der Waals surface area contributed by atoms with Crippen LogP contribution in [0.5, 0.6) is 0 Å². The van der Waals surface area contributed by atoms with Gasteiger partial charge < -0.3 is 10.1 Å². The second-order valence-corrected chi connectivity index (χ2v) is 7.17. The molecule has 146 valence electrons. The molecule has 2 aromatic rings. The minimum Gasteiger partial charge on any atom is -0.462 e. The molecule has 2 rings (SSSR count). The number of nitro benzene ring substituents is 1. The highest BCUT2D eigenvalue weighted by Crippen LogP contribution is 2.36. The number of unbranched alkanes of at least 4 members (excludes halogenated alkanes) is 3. The van der Waals surface area contributed by atoms with Gasteiger partial charge in [0.2, 0.25) is 0 Å². The van der Waals surface area contributed by atoms with E-state index >= 15 is 0 Å². The lowest BCUT2D eigenvalue weighted by Gasteiger charge is -2.07. The molecule has 0 aliphatic rings. The third-order valence-electron chi connectivity index (χ3n) is 3.96. The van der Waals surface area contributed by atoms with Crippen LogP contribution in [0.2, 0.25) is 0 Å². The molecule has 0 aliphatic carbocycles. The zero-order valence-electron chi connectivity index (χ0n) is 15.4. The van der Waals surface area contributed by atoms with E-state index in [0.29, 0.717) is 10.6 Å². The lowest BCUT2D eigenvalue weighted by molar-refractivity contribution is -0.384. The minimum atomic E-state index is -0.694. The monoisotopic (exact) mass is 394 g/mol. The number of ether oxygens (including phenoxy) is 1. The van der Waals surface area contributed by atoms with Crippen molar-refractivity contribution >= 4 is 33.7 Å². The number of nitro groups is 1. The average Bonchev–Trinajstić information content (AvgIpc) is 3.03. The number of halogens is 1. The molecule has 8 heteroatoms. The summed E-state index contributed by atoms with van der Waals surface area (Å²) in [5.41, 5.74) is 0.0833. The van der Waals surface area contributed by atoms with Gasteiger partial charge in [0.25, 0.3) is 5.69 Å². The Hall–Kier alpha value is -2.48. The molecule has 0 unspecified atom stereocenters. The van der Waals surface area contributed by atoms with E-state index in [1.54, 1.807) is 13.0 Å². The van der Waals surface area contributed by atoms with Crippen molar-refractivity contribution in [2.75, 3.05) is 11.9 Å². The van der Waals surface area contributed by atoms with E-state index in [9.17, 15) is 19.3 Å². The quantitative estimate of drug-likeness (QED) is 0.237. The molecule has 0 radical (unpaired) electrons. The summed E-state index contributed by atoms with van der Waals surface area (Å²) in [5, 5.41) is 14.6. The Kier molecular flexibility index (Phi) is 7.72. The van der Waals surface area contributed by atoms with Gasteiger partial charge in [-0.05, 0) is 38.0 Å². The molecule has 1 aromatic heterocycles. The summed E-state index contributed by atoms with van der Waals surface area (Å²) in [4.78, 5) is 23.8. The molecule has 0 atom stereocenters. The number of aryl methyl sites for hydroxylation is 1. The van der Waals surface area contributed by atoms with E-state index < -0.39 is 16.7 Å². The second-order valence-electron chi connectivity index (χ2n) is 6.03. The first kappa shape index (κ1) is 20.8. The van der Waals surface area contributed by atoms with Gasteiger partial charge in [0.1, 0.15) is 16.5 Å². The van der Waals surface area contributed by atoms with Gasteiger partial charge in [0.05, 0.1) is 23.2 Å². The van der Waals surface area contributed by atoms with Gasteiger partial charge in [-0.1, -0.05) is 26.2 Å². The van der Waals surface area contributed by atoms with Gasteiger partial charge in [-0.25, -0.2) is 9.18 Å². The first-order valence-electron chi connectivity index (χ1n) is 8.97. The van der Waals surface area contributed by atoms with Gasteiger partial charge in [0.15, 0.2) is 0 Å². The Morgan fingerprint density at radius 2 is 2.04 bits per heavy atom. The second kappa shape index (κ2) is 10.0. The maximum Gasteiger partial charge on any atom is 0.341 e. The molecule has 27 heavy (non-hydrogen) atoms. The Balaban J connectivity index is 2.29. The van der Waals surface area contributed by atoms with Crippen LogP contribution in [0, 0.1) is 15.9 Å². The number of esters is 1. The van der Waals surface area contributed by atoms with Crippen LogP contribution in [0.1, 0.15) is 54.8 Å². The summed E-state index contributed by atoms with van der Waals surface area (Å²) in [6, 6.07) is 5.06. The number of thiophene rings is 1. The molecule has 0 saturated carbocycles. The van der Waals surface area contributed by atoms with E-state index in [1.807, 2.05) is 0 Å². The smallest absolute Gasteiger partial charge is 0.341 e. The van der Waals surface area contributed by atoms with Crippen LogP contribution in [0.4, 0.5) is 20.8 Å². The normalized spacial score (nSPS) is 10.6. The summed E-state index contributed by atoms with van der Waals surface area (Å²) in [6.07, 6.45) is 5.23. The van der Waals surface area contributed by atoms with Crippen LogP contribution < -0.4 is 5.32 Å². The summed E-state index contributed by atoms with van der Waals surface area (Å²) in [7, 11) is 0. The van der Waals surface area contributed by atoms with Crippen LogP contribution in [0.25, 0.3) is 0 Å². The van der Waals surface area contributed by atoms with E-state index in [-0.39, 0.29) is 18.0 Å². The Labute approximate surface area is 161 Å². The first-order valence-corrected chi connectivity index (χ1v) is 9.78. The fourth-order valence-corrected chi connectivity index (χ4v) is 3.73. The molecule has 1 N–H and O–H groups in total. The fourth-order valence-electron chi connectivity index (χ4n) is 2.63. The van der Waals surface area contributed by atoms with Crippen molar-refractivity contribution in [1.82, 2.24) is 0 Å². The molecule has 0 spiro atoms. The van der Waals surface area contributed by atoms with Crippen LogP contribution in [0.15, 0.2) is 24.3 Å². The van der Waals surface area contributed by atoms with Crippen LogP contribution >= 0.6 is 11.3 Å². The van der Waals surface area contributed by atoms with Crippen molar-refractivity contribution in [1.29, 1.82) is 0 Å². The summed E-state index contributed by atoms with van der Waals surface area (Å²) in [5.74, 6) is -1.18. The molecular weight excluding hydrogens is 371 g/mol. The van der Waals surface area contributed by atoms with Crippen molar-refractivity contribution < 1.29 is 18.8 Å². The third kappa shape index (κ3) is 5.75. The standard InChI is InChI=1S/C19H23FN2O4S/c1-3-5-6-7-8-14-12-15(19(23)26-4-2)18(27-14)21-16-10-9-13(20)11-17(16)22(24)25/h9-12,21H,3-8H2,1-2H3. The Morgan fingerprint density at radius 3 is 2.70 bits per heavy atom. The molecule has 0 saturated heterocycles. The van der Waals surface area contributed by atoms with Gasteiger partial charge in [-0.2, -0.15) is 0 Å². The van der Waals surface area contributed by atoms with Crippen molar-refractivity contribution in [3.8, 4) is 0 Å². The maximum atomic E-state index is 13.4. The minimum absolute atomic E-state index is 0.131. The van der Waals surface area contributed by atoms with Gasteiger partial charge in [-0.15, -0.1) is 11.3 Å². The highest BCUT2D eigenvalue weighted by atomic mass is 32.1. The zero-order chi connectivity index (χ0) is 19.8. The summed E-state index contributed by atoms with van der Waals surface area (Å²) in [6.45, 7) is 4.09. The van der Waals surface area contributed by atoms with Gasteiger partial charge >= 0.3 is 5.97 Å². The van der Waals surface area contributed by atoms with Crippen molar-refractivity contribution in [3.63, 3.8) is 0 Å². The van der Waals surface area contributed by atoms with Crippen molar-refractivity contribution in [2.24, 2.45) is 0 Å². The number of nitrogens with zero attached hydrogens (tertiary/aromatic N) is 1. The molecule has 0 bridgehead atoms. The molecule has 1 aromatic carbocycles. The molecule has 0 amide bonds. The molecular formula is C19H23FN2O4S. The number of rotatable bonds is 10. The molecule has 6 nitrogen and oxygen atoms in total. The first-order chi connectivity index (χ1) is 13.0. The lowest BCUT2D eigenvalue weighted by Crippen LogP contribution is -2.06. The third-order valence-corrected chi connectivity index (χ3v) is 5.07. The molecule has 0 fully saturated rings. The van der Waals surface area contributed by atoms with E-state index in [0.717, 1.165) is 49.1 Å². The topological polar surface area (TPSA) is 81.5 Å². The van der Waals surface area contributed by atoms with Crippen LogP contribution in [-0.2, 0) is 11.2 Å². The number of anilines is 2. The number of carbonyl (C=O) groups is 1. The molecule has 0 aliphatic heterocycles. The summed E-state index contributed by atoms with van der Waals surface area (Å²) < 4.78 is 18.5. The lowest BCUT2D eigenvalue weighted by atomic mass is 10.1. The SMILES string of the molecule is CCCCCCc1cc(C(=O)OCC)c(Nc2ccc(F)cc2[N+](=O)[O-])s1. The number of hydrogen-bond acceptors (Lipinski definition) is 6. The van der Waals surface area contributed by atoms with E-state index in [4.69, 9.17) is 4.74 Å².